The van der Waals surface area contributed by atoms with Crippen molar-refractivity contribution in [2.45, 2.75) is 37.8 Å². The monoisotopic (exact) mass is 301 g/mol. The summed E-state index contributed by atoms with van der Waals surface area (Å²) in [7, 11) is 0. The molecule has 0 saturated heterocycles. The van der Waals surface area contributed by atoms with Crippen LogP contribution in [0.4, 0.5) is 4.79 Å². The molecule has 2 aliphatic rings. The molecule has 8 heteroatoms. The first-order chi connectivity index (χ1) is 9.85. The minimum Gasteiger partial charge on any atom is -0.481 e. The van der Waals surface area contributed by atoms with E-state index in [0.717, 1.165) is 6.42 Å². The summed E-state index contributed by atoms with van der Waals surface area (Å²) in [5, 5.41) is 30.6. The summed E-state index contributed by atoms with van der Waals surface area (Å²) in [6.07, 6.45) is -0.676. The molecule has 8 nitrogen and oxygen atoms in total. The number of carboxylic acid groups (broad SMARTS) is 2. The molecule has 5 unspecified atom stereocenters. The van der Waals surface area contributed by atoms with E-state index >= 15 is 0 Å². The number of alkyl carbamates (subject to hydrolysis) is 1. The lowest BCUT2D eigenvalue weighted by Gasteiger charge is -2.28. The molecule has 2 saturated carbocycles. The highest BCUT2D eigenvalue weighted by molar-refractivity contribution is 5.89. The second-order valence-electron chi connectivity index (χ2n) is 5.63. The topological polar surface area (TPSA) is 133 Å². The van der Waals surface area contributed by atoms with Gasteiger partial charge >= 0.3 is 18.0 Å². The maximum atomic E-state index is 11.7. The highest BCUT2D eigenvalue weighted by atomic mass is 16.5. The maximum absolute atomic E-state index is 11.7. The normalized spacial score (nSPS) is 36.7. The Bertz CT molecular complexity index is 465. The number of ether oxygens (including phenoxy) is 1. The molecule has 0 radical (unpaired) electrons. The average Bonchev–Trinajstić information content (AvgIpc) is 3.07. The van der Waals surface area contributed by atoms with E-state index in [1.54, 1.807) is 0 Å². The first-order valence-corrected chi connectivity index (χ1v) is 6.94. The number of hydrogen-bond donors (Lipinski definition) is 4. The van der Waals surface area contributed by atoms with Crippen LogP contribution in [-0.2, 0) is 14.3 Å². The first-order valence-electron chi connectivity index (χ1n) is 6.94. The van der Waals surface area contributed by atoms with E-state index < -0.39 is 47.4 Å². The Kier molecular flexibility index (Phi) is 4.08. The van der Waals surface area contributed by atoms with Gasteiger partial charge < -0.3 is 25.4 Å². The number of unbranched alkanes of at least 4 members (excludes halogenated alkanes) is 1. The second-order valence-corrected chi connectivity index (χ2v) is 5.63. The predicted molar refractivity (Wildman–Crippen MR) is 68.5 cm³/mol. The van der Waals surface area contributed by atoms with Crippen LogP contribution in [0, 0.1) is 17.8 Å². The molecule has 0 aromatic carbocycles. The van der Waals surface area contributed by atoms with Gasteiger partial charge in [-0.3, -0.25) is 4.79 Å². The third kappa shape index (κ3) is 2.55. The van der Waals surface area contributed by atoms with Crippen molar-refractivity contribution < 1.29 is 34.4 Å². The molecule has 5 atom stereocenters. The van der Waals surface area contributed by atoms with Gasteiger partial charge in [-0.2, -0.15) is 0 Å². The van der Waals surface area contributed by atoms with Crippen LogP contribution in [-0.4, -0.2) is 51.6 Å². The van der Waals surface area contributed by atoms with Gasteiger partial charge in [-0.25, -0.2) is 9.59 Å². The molecule has 1 amide bonds. The number of fused-ring (bicyclic) bond motifs is 1. The van der Waals surface area contributed by atoms with Crippen molar-refractivity contribution in [3.63, 3.8) is 0 Å². The summed E-state index contributed by atoms with van der Waals surface area (Å²) >= 11 is 0. The maximum Gasteiger partial charge on any atom is 0.408 e. The van der Waals surface area contributed by atoms with Crippen LogP contribution >= 0.6 is 0 Å². The number of aliphatic hydroxyl groups excluding tert-OH is 1. The Morgan fingerprint density at radius 3 is 2.48 bits per heavy atom. The van der Waals surface area contributed by atoms with E-state index in [1.807, 2.05) is 6.92 Å². The van der Waals surface area contributed by atoms with Crippen LogP contribution in [0.25, 0.3) is 0 Å². The number of hydrogen-bond acceptors (Lipinski definition) is 5. The summed E-state index contributed by atoms with van der Waals surface area (Å²) in [5.74, 6) is -4.88. The number of aliphatic hydroxyl groups is 1. The minimum absolute atomic E-state index is 0.164. The van der Waals surface area contributed by atoms with Crippen LogP contribution in [0.2, 0.25) is 0 Å². The minimum atomic E-state index is -1.77. The fourth-order valence-corrected chi connectivity index (χ4v) is 3.31. The molecule has 0 aromatic heterocycles. The van der Waals surface area contributed by atoms with E-state index in [0.29, 0.717) is 6.42 Å². The van der Waals surface area contributed by atoms with Gasteiger partial charge in [-0.15, -0.1) is 0 Å². The van der Waals surface area contributed by atoms with E-state index in [2.05, 4.69) is 5.32 Å². The van der Waals surface area contributed by atoms with Crippen molar-refractivity contribution in [3.8, 4) is 0 Å². The third-order valence-electron chi connectivity index (χ3n) is 4.34. The van der Waals surface area contributed by atoms with E-state index in [9.17, 15) is 24.6 Å². The molecule has 0 bridgehead atoms. The van der Waals surface area contributed by atoms with Crippen molar-refractivity contribution >= 4 is 18.0 Å². The number of carbonyl (C=O) groups excluding carboxylic acids is 1. The molecule has 2 fully saturated rings. The number of aliphatic carboxylic acids is 2. The number of amides is 1. The fraction of sp³-hybridized carbons (Fsp3) is 0.769. The highest BCUT2D eigenvalue weighted by Crippen LogP contribution is 2.62. The van der Waals surface area contributed by atoms with Crippen LogP contribution < -0.4 is 5.32 Å². The standard InChI is InChI=1S/C13H19NO7/c1-2-3-4-21-12(20)14-13(11(18)19)5-6(15)7-8(9(7)13)10(16)17/h6-9,15H,2-5H2,1H3,(H,14,20)(H,16,17)(H,18,19). The second kappa shape index (κ2) is 5.51. The van der Waals surface area contributed by atoms with Gasteiger partial charge in [-0.1, -0.05) is 13.3 Å². The molecule has 0 spiro atoms. The lowest BCUT2D eigenvalue weighted by Crippen LogP contribution is -2.56. The first kappa shape index (κ1) is 15.6. The Labute approximate surface area is 121 Å². The number of carboxylic acids is 2. The Morgan fingerprint density at radius 1 is 1.33 bits per heavy atom. The van der Waals surface area contributed by atoms with E-state index in [-0.39, 0.29) is 13.0 Å². The quantitative estimate of drug-likeness (QED) is 0.509. The van der Waals surface area contributed by atoms with Crippen molar-refractivity contribution in [2.24, 2.45) is 17.8 Å². The van der Waals surface area contributed by atoms with Crippen molar-refractivity contribution in [3.05, 3.63) is 0 Å². The number of nitrogens with one attached hydrogen (secondary N) is 1. The van der Waals surface area contributed by atoms with Crippen LogP contribution in [0.3, 0.4) is 0 Å². The zero-order chi connectivity index (χ0) is 15.8. The number of rotatable bonds is 6. The van der Waals surface area contributed by atoms with Gasteiger partial charge in [-0.05, 0) is 6.42 Å². The van der Waals surface area contributed by atoms with Gasteiger partial charge in [0.2, 0.25) is 0 Å². The summed E-state index contributed by atoms with van der Waals surface area (Å²) < 4.78 is 4.87. The van der Waals surface area contributed by atoms with Crippen LogP contribution in [0.5, 0.6) is 0 Å². The molecule has 2 rings (SSSR count). The van der Waals surface area contributed by atoms with Crippen molar-refractivity contribution in [1.29, 1.82) is 0 Å². The molecule has 0 aromatic rings. The lowest BCUT2D eigenvalue weighted by atomic mass is 9.89. The highest BCUT2D eigenvalue weighted by Gasteiger charge is 2.75. The van der Waals surface area contributed by atoms with E-state index in [1.165, 1.54) is 0 Å². The molecule has 2 aliphatic carbocycles. The fourth-order valence-electron chi connectivity index (χ4n) is 3.31. The van der Waals surface area contributed by atoms with Gasteiger partial charge in [0.25, 0.3) is 0 Å². The molecule has 21 heavy (non-hydrogen) atoms. The summed E-state index contributed by atoms with van der Waals surface area (Å²) in [4.78, 5) is 34.4. The largest absolute Gasteiger partial charge is 0.481 e. The zero-order valence-electron chi connectivity index (χ0n) is 11.6. The molecule has 4 N–H and O–H groups in total. The Balaban J connectivity index is 2.10. The van der Waals surface area contributed by atoms with Crippen molar-refractivity contribution in [1.82, 2.24) is 5.32 Å². The van der Waals surface area contributed by atoms with Gasteiger partial charge in [0.1, 0.15) is 5.54 Å². The van der Waals surface area contributed by atoms with Gasteiger partial charge in [0, 0.05) is 18.3 Å². The predicted octanol–water partition coefficient (Wildman–Crippen LogP) is 0.0475. The summed E-state index contributed by atoms with van der Waals surface area (Å²) in [6.45, 7) is 2.08. The van der Waals surface area contributed by atoms with Gasteiger partial charge in [0.05, 0.1) is 18.6 Å². The van der Waals surface area contributed by atoms with Gasteiger partial charge in [0.15, 0.2) is 0 Å². The Morgan fingerprint density at radius 2 is 2.00 bits per heavy atom. The number of carbonyl (C=O) groups is 3. The zero-order valence-corrected chi connectivity index (χ0v) is 11.6. The Hall–Kier alpha value is -1.83. The van der Waals surface area contributed by atoms with Crippen LogP contribution in [0.1, 0.15) is 26.2 Å². The lowest BCUT2D eigenvalue weighted by molar-refractivity contribution is -0.147. The molecular weight excluding hydrogens is 282 g/mol. The smallest absolute Gasteiger partial charge is 0.408 e. The third-order valence-corrected chi connectivity index (χ3v) is 4.34. The van der Waals surface area contributed by atoms with Crippen LogP contribution in [0.15, 0.2) is 0 Å². The molecule has 0 aliphatic heterocycles. The molecular formula is C13H19NO7. The average molecular weight is 301 g/mol. The summed E-state index contributed by atoms with van der Waals surface area (Å²) in [6, 6.07) is 0. The molecule has 0 heterocycles. The molecule has 118 valence electrons. The van der Waals surface area contributed by atoms with E-state index in [4.69, 9.17) is 9.84 Å². The van der Waals surface area contributed by atoms with Crippen molar-refractivity contribution in [2.75, 3.05) is 6.61 Å². The summed E-state index contributed by atoms with van der Waals surface area (Å²) in [5.41, 5.74) is -1.77. The SMILES string of the molecule is CCCCOC(=O)NC1(C(=O)O)CC(O)C2C(C(=O)O)C21.